The first-order valence-corrected chi connectivity index (χ1v) is 6.51. The molecule has 0 bridgehead atoms. The molecule has 1 saturated heterocycles. The van der Waals surface area contributed by atoms with Crippen molar-refractivity contribution in [3.63, 3.8) is 0 Å². The molecule has 0 spiro atoms. The molecule has 1 amide bonds. The van der Waals surface area contributed by atoms with Gasteiger partial charge in [0.25, 0.3) is 0 Å². The molecule has 0 saturated carbocycles. The zero-order chi connectivity index (χ0) is 15.8. The monoisotopic (exact) mass is 301 g/mol. The normalized spacial score (nSPS) is 20.6. The summed E-state index contributed by atoms with van der Waals surface area (Å²) in [4.78, 5) is 19.2. The van der Waals surface area contributed by atoms with E-state index in [1.54, 1.807) is 6.92 Å². The number of hydrogen-bond donors (Lipinski definition) is 0. The zero-order valence-corrected chi connectivity index (χ0v) is 12.3. The second-order valence-electron chi connectivity index (χ2n) is 5.76. The van der Waals surface area contributed by atoms with E-state index in [2.05, 4.69) is 9.97 Å². The summed E-state index contributed by atoms with van der Waals surface area (Å²) in [5.41, 5.74) is -0.452. The average molecular weight is 301 g/mol. The van der Waals surface area contributed by atoms with E-state index in [1.807, 2.05) is 20.8 Å². The molecular formula is C13H17F2N3O3. The van der Waals surface area contributed by atoms with E-state index in [4.69, 9.17) is 9.47 Å². The van der Waals surface area contributed by atoms with Crippen molar-refractivity contribution in [3.8, 4) is 0 Å². The maximum atomic E-state index is 13.8. The van der Waals surface area contributed by atoms with Crippen molar-refractivity contribution in [2.24, 2.45) is 0 Å². The van der Waals surface area contributed by atoms with Crippen LogP contribution in [0.25, 0.3) is 0 Å². The Morgan fingerprint density at radius 3 is 2.76 bits per heavy atom. The van der Waals surface area contributed by atoms with Crippen molar-refractivity contribution in [3.05, 3.63) is 18.1 Å². The summed E-state index contributed by atoms with van der Waals surface area (Å²) in [5, 5.41) is 0. The maximum Gasteiger partial charge on any atom is 0.416 e. The minimum absolute atomic E-state index is 0.0150. The predicted octanol–water partition coefficient (Wildman–Crippen LogP) is 2.28. The number of ether oxygens (including phenoxy) is 2. The summed E-state index contributed by atoms with van der Waals surface area (Å²) in [6, 6.07) is -0.597. The number of carbonyl (C=O) groups excluding carboxylic acids is 1. The van der Waals surface area contributed by atoms with E-state index >= 15 is 0 Å². The summed E-state index contributed by atoms with van der Waals surface area (Å²) in [6.45, 7) is 7.32. The molecule has 1 aliphatic rings. The third-order valence-corrected chi connectivity index (χ3v) is 2.91. The molecule has 1 unspecified atom stereocenters. The Labute approximate surface area is 121 Å². The van der Waals surface area contributed by atoms with E-state index in [0.717, 1.165) is 4.90 Å². The average Bonchev–Trinajstić information content (AvgIpc) is 2.72. The van der Waals surface area contributed by atoms with E-state index < -0.39 is 41.6 Å². The van der Waals surface area contributed by atoms with Crippen LogP contribution in [0.1, 0.15) is 27.7 Å². The predicted molar refractivity (Wildman–Crippen MR) is 69.9 cm³/mol. The van der Waals surface area contributed by atoms with Gasteiger partial charge in [-0.1, -0.05) is 0 Å². The number of cyclic esters (lactones) is 1. The number of amides is 1. The van der Waals surface area contributed by atoms with Crippen LogP contribution in [0, 0.1) is 11.9 Å². The Balaban J connectivity index is 2.31. The Morgan fingerprint density at radius 2 is 2.14 bits per heavy atom. The van der Waals surface area contributed by atoms with Gasteiger partial charge in [-0.25, -0.2) is 19.1 Å². The van der Waals surface area contributed by atoms with Gasteiger partial charge in [0.2, 0.25) is 0 Å². The van der Waals surface area contributed by atoms with Crippen LogP contribution < -0.4 is 4.90 Å². The molecule has 2 heterocycles. The number of halogens is 2. The van der Waals surface area contributed by atoms with Crippen LogP contribution in [-0.2, 0) is 9.47 Å². The molecule has 8 heteroatoms. The molecule has 6 nitrogen and oxygen atoms in total. The first-order valence-electron chi connectivity index (χ1n) is 6.51. The van der Waals surface area contributed by atoms with Crippen LogP contribution in [-0.4, -0.2) is 40.4 Å². The van der Waals surface area contributed by atoms with Crippen molar-refractivity contribution >= 4 is 11.9 Å². The number of aromatic nitrogens is 2. The Hall–Kier alpha value is -1.83. The first kappa shape index (κ1) is 15.6. The third kappa shape index (κ3) is 3.44. The summed E-state index contributed by atoms with van der Waals surface area (Å²) in [5.74, 6) is -1.34. The highest BCUT2D eigenvalue weighted by Gasteiger charge is 2.41. The quantitative estimate of drug-likeness (QED) is 0.801. The van der Waals surface area contributed by atoms with Gasteiger partial charge in [-0.05, 0) is 27.7 Å². The molecule has 1 aromatic heterocycles. The van der Waals surface area contributed by atoms with Crippen molar-refractivity contribution in [1.82, 2.24) is 9.97 Å². The second kappa shape index (κ2) is 5.51. The van der Waals surface area contributed by atoms with Gasteiger partial charge in [-0.3, -0.25) is 0 Å². The Kier molecular flexibility index (Phi) is 4.08. The summed E-state index contributed by atoms with van der Waals surface area (Å²) in [6.07, 6.45) is -1.68. The Bertz CT molecular complexity index is 548. The number of rotatable bonds is 3. The van der Waals surface area contributed by atoms with Gasteiger partial charge < -0.3 is 9.47 Å². The number of carbonyl (C=O) groups is 1. The smallest absolute Gasteiger partial charge is 0.416 e. The highest BCUT2D eigenvalue weighted by atomic mass is 19.1. The standard InChI is InChI=1S/C13H17F2N3O3/c1-7(21-13(2,3)4)9-6-20-12(19)18(9)10-8(14)5-16-11(15)17-10/h5,7,9H,6H2,1-4H3/t7-,9?/m1/s1. The topological polar surface area (TPSA) is 64.6 Å². The molecular weight excluding hydrogens is 284 g/mol. The van der Waals surface area contributed by atoms with Crippen LogP contribution in [0.3, 0.4) is 0 Å². The van der Waals surface area contributed by atoms with E-state index in [-0.39, 0.29) is 6.61 Å². The highest BCUT2D eigenvalue weighted by Crippen LogP contribution is 2.27. The van der Waals surface area contributed by atoms with Crippen LogP contribution in [0.4, 0.5) is 19.4 Å². The molecule has 2 atom stereocenters. The third-order valence-electron chi connectivity index (χ3n) is 2.91. The van der Waals surface area contributed by atoms with E-state index in [9.17, 15) is 13.6 Å². The van der Waals surface area contributed by atoms with Gasteiger partial charge in [0.05, 0.1) is 17.9 Å². The van der Waals surface area contributed by atoms with Crippen molar-refractivity contribution in [2.75, 3.05) is 11.5 Å². The Morgan fingerprint density at radius 1 is 1.48 bits per heavy atom. The molecule has 0 aromatic carbocycles. The molecule has 21 heavy (non-hydrogen) atoms. The fraction of sp³-hybridized carbons (Fsp3) is 0.615. The van der Waals surface area contributed by atoms with Crippen LogP contribution in [0.15, 0.2) is 6.20 Å². The van der Waals surface area contributed by atoms with Crippen LogP contribution in [0.2, 0.25) is 0 Å². The fourth-order valence-electron chi connectivity index (χ4n) is 2.17. The lowest BCUT2D eigenvalue weighted by Crippen LogP contribution is -2.45. The molecule has 0 radical (unpaired) electrons. The minimum atomic E-state index is -1.12. The van der Waals surface area contributed by atoms with Crippen molar-refractivity contribution in [1.29, 1.82) is 0 Å². The zero-order valence-electron chi connectivity index (χ0n) is 12.3. The van der Waals surface area contributed by atoms with Gasteiger partial charge in [-0.15, -0.1) is 0 Å². The molecule has 116 valence electrons. The molecule has 1 aromatic rings. The van der Waals surface area contributed by atoms with Crippen LogP contribution in [0.5, 0.6) is 0 Å². The number of hydrogen-bond acceptors (Lipinski definition) is 5. The molecule has 2 rings (SSSR count). The lowest BCUT2D eigenvalue weighted by Gasteiger charge is -2.31. The van der Waals surface area contributed by atoms with Gasteiger partial charge in [0, 0.05) is 0 Å². The highest BCUT2D eigenvalue weighted by molar-refractivity contribution is 5.89. The lowest BCUT2D eigenvalue weighted by atomic mass is 10.1. The van der Waals surface area contributed by atoms with Crippen molar-refractivity contribution in [2.45, 2.75) is 45.4 Å². The van der Waals surface area contributed by atoms with Gasteiger partial charge >= 0.3 is 12.2 Å². The minimum Gasteiger partial charge on any atom is -0.447 e. The fourth-order valence-corrected chi connectivity index (χ4v) is 2.17. The summed E-state index contributed by atoms with van der Waals surface area (Å²) in [7, 11) is 0. The van der Waals surface area contributed by atoms with E-state index in [1.165, 1.54) is 0 Å². The van der Waals surface area contributed by atoms with Gasteiger partial charge in [0.15, 0.2) is 11.6 Å². The van der Waals surface area contributed by atoms with Crippen molar-refractivity contribution < 1.29 is 23.0 Å². The first-order chi connectivity index (χ1) is 9.69. The number of anilines is 1. The van der Waals surface area contributed by atoms with Crippen LogP contribution >= 0.6 is 0 Å². The largest absolute Gasteiger partial charge is 0.447 e. The molecule has 1 fully saturated rings. The van der Waals surface area contributed by atoms with Gasteiger partial charge in [0.1, 0.15) is 12.6 Å². The van der Waals surface area contributed by atoms with E-state index in [0.29, 0.717) is 6.20 Å². The second-order valence-corrected chi connectivity index (χ2v) is 5.76. The summed E-state index contributed by atoms with van der Waals surface area (Å²) >= 11 is 0. The lowest BCUT2D eigenvalue weighted by molar-refractivity contribution is -0.0619. The van der Waals surface area contributed by atoms with Gasteiger partial charge in [-0.2, -0.15) is 9.37 Å². The summed E-state index contributed by atoms with van der Waals surface area (Å²) < 4.78 is 37.6. The molecule has 0 N–H and O–H groups in total. The molecule has 1 aliphatic heterocycles. The number of nitrogens with zero attached hydrogens (tertiary/aromatic N) is 3. The SMILES string of the molecule is C[C@@H](OC(C)(C)C)C1COC(=O)N1c1nc(F)ncc1F. The maximum absolute atomic E-state index is 13.8. The molecule has 0 aliphatic carbocycles.